The number of allylic oxidation sites excluding steroid dienone is 4. The van der Waals surface area contributed by atoms with Gasteiger partial charge in [0.05, 0.1) is 0 Å². The molecule has 1 N–H and O–H groups in total. The summed E-state index contributed by atoms with van der Waals surface area (Å²) in [7, 11) is 0. The second-order valence-corrected chi connectivity index (χ2v) is 16.7. The topological polar surface area (TPSA) is 54.4 Å². The molecule has 4 aliphatic carbocycles. The number of carbonyl (C=O) groups excluding carboxylic acids is 1. The molecule has 3 fully saturated rings. The van der Waals surface area contributed by atoms with Gasteiger partial charge in [-0.2, -0.15) is 0 Å². The summed E-state index contributed by atoms with van der Waals surface area (Å²) in [6.07, 6.45) is 36.0. The summed E-state index contributed by atoms with van der Waals surface area (Å²) >= 11 is 0. The van der Waals surface area contributed by atoms with Gasteiger partial charge in [-0.1, -0.05) is 97.3 Å². The summed E-state index contributed by atoms with van der Waals surface area (Å²) in [5.74, 6) is 4.08. The van der Waals surface area contributed by atoms with Crippen LogP contribution in [0.15, 0.2) is 23.8 Å². The Balaban J connectivity index is 1.15. The molecule has 1 unspecified atom stereocenters. The van der Waals surface area contributed by atoms with E-state index in [1.54, 1.807) is 0 Å². The van der Waals surface area contributed by atoms with Crippen LogP contribution in [0.2, 0.25) is 0 Å². The van der Waals surface area contributed by atoms with Crippen LogP contribution in [0, 0.1) is 46.3 Å². The monoisotopic (exact) mass is 623 g/mol. The molecule has 0 aliphatic heterocycles. The molecule has 0 spiro atoms. The lowest BCUT2D eigenvalue weighted by Crippen LogP contribution is -2.53. The van der Waals surface area contributed by atoms with Gasteiger partial charge in [-0.3, -0.25) is 9.59 Å². The van der Waals surface area contributed by atoms with Crippen molar-refractivity contribution < 1.29 is 14.7 Å². The first-order valence-electron chi connectivity index (χ1n) is 19.8. The average Bonchev–Trinajstić information content (AvgIpc) is 3.38. The zero-order valence-electron chi connectivity index (χ0n) is 29.9. The van der Waals surface area contributed by atoms with Crippen molar-refractivity contribution in [3.63, 3.8) is 0 Å². The Kier molecular flexibility index (Phi) is 14.3. The van der Waals surface area contributed by atoms with Crippen LogP contribution in [-0.2, 0) is 9.59 Å². The highest BCUT2D eigenvalue weighted by Gasteiger charge is 2.60. The Morgan fingerprint density at radius 1 is 0.822 bits per heavy atom. The number of fused-ring (bicyclic) bond motifs is 5. The maximum Gasteiger partial charge on any atom is 0.303 e. The number of aliphatic carboxylic acids is 1. The molecule has 3 nitrogen and oxygen atoms in total. The van der Waals surface area contributed by atoms with E-state index in [1.807, 2.05) is 0 Å². The second-order valence-electron chi connectivity index (χ2n) is 16.7. The number of carboxylic acids is 1. The Labute approximate surface area is 277 Å². The van der Waals surface area contributed by atoms with E-state index in [0.29, 0.717) is 40.8 Å². The average molecular weight is 623 g/mol. The van der Waals surface area contributed by atoms with E-state index in [-0.39, 0.29) is 0 Å². The van der Waals surface area contributed by atoms with Crippen molar-refractivity contribution in [1.82, 2.24) is 0 Å². The SMILES string of the molecule is CCCCCCCCC=CCCCCCCCC(=O)C1=CC[C@@]2(C)C(CC[C@H]3[C@@H]4CC[C@H]([C@H](C)CCC(=O)O)[C@@]4(C)CC[C@@H]32)C1. The van der Waals surface area contributed by atoms with Crippen molar-refractivity contribution in [3.05, 3.63) is 23.8 Å². The fraction of sp³-hybridized carbons (Fsp3) is 0.857. The zero-order chi connectivity index (χ0) is 32.3. The molecule has 0 bridgehead atoms. The lowest BCUT2D eigenvalue weighted by Gasteiger charge is -2.60. The number of ketones is 1. The van der Waals surface area contributed by atoms with Gasteiger partial charge < -0.3 is 5.11 Å². The Bertz CT molecular complexity index is 994. The molecular weight excluding hydrogens is 552 g/mol. The predicted molar refractivity (Wildman–Crippen MR) is 189 cm³/mol. The number of carboxylic acid groups (broad SMARTS) is 1. The van der Waals surface area contributed by atoms with Crippen LogP contribution in [0.5, 0.6) is 0 Å². The highest BCUT2D eigenvalue weighted by Crippen LogP contribution is 2.68. The van der Waals surface area contributed by atoms with Crippen LogP contribution in [0.25, 0.3) is 0 Å². The van der Waals surface area contributed by atoms with Crippen molar-refractivity contribution in [3.8, 4) is 0 Å². The highest BCUT2D eigenvalue weighted by atomic mass is 16.4. The number of hydrogen-bond acceptors (Lipinski definition) is 2. The molecule has 0 aromatic carbocycles. The quantitative estimate of drug-likeness (QED) is 0.109. The molecule has 256 valence electrons. The van der Waals surface area contributed by atoms with Gasteiger partial charge in [0.1, 0.15) is 0 Å². The normalized spacial score (nSPS) is 33.3. The molecule has 0 aromatic heterocycles. The van der Waals surface area contributed by atoms with Crippen LogP contribution in [0.1, 0.15) is 182 Å². The molecule has 0 radical (unpaired) electrons. The summed E-state index contributed by atoms with van der Waals surface area (Å²) in [6.45, 7) is 9.76. The molecule has 45 heavy (non-hydrogen) atoms. The minimum Gasteiger partial charge on any atom is -0.481 e. The molecule has 0 heterocycles. The van der Waals surface area contributed by atoms with E-state index in [2.05, 4.69) is 45.9 Å². The maximum atomic E-state index is 13.3. The fourth-order valence-electron chi connectivity index (χ4n) is 11.2. The molecule has 8 atom stereocenters. The number of rotatable bonds is 20. The largest absolute Gasteiger partial charge is 0.481 e. The minimum absolute atomic E-state index is 0.314. The van der Waals surface area contributed by atoms with Crippen molar-refractivity contribution in [2.24, 2.45) is 46.3 Å². The molecular formula is C42H70O3. The van der Waals surface area contributed by atoms with Crippen molar-refractivity contribution >= 4 is 11.8 Å². The smallest absolute Gasteiger partial charge is 0.303 e. The first-order chi connectivity index (χ1) is 21.7. The standard InChI is InChI=1S/C42H70O3/c1-5-6-7-8-9-10-11-12-13-14-15-16-17-18-19-20-39(43)33-27-29-41(3)34(31-33)22-23-35-37-25-24-36(32(2)21-26-40(44)45)42(37,4)30-28-38(35)41/h12-13,27,32,34-38H,5-11,14-26,28-31H2,1-4H3,(H,44,45)/t32-,34?,35+,36-,37+,38+,41+,42-/m1/s1. The van der Waals surface area contributed by atoms with Gasteiger partial charge in [0.25, 0.3) is 0 Å². The fourth-order valence-corrected chi connectivity index (χ4v) is 11.2. The van der Waals surface area contributed by atoms with Crippen molar-refractivity contribution in [2.75, 3.05) is 0 Å². The molecule has 3 heteroatoms. The molecule has 4 rings (SSSR count). The van der Waals surface area contributed by atoms with Crippen molar-refractivity contribution in [1.29, 1.82) is 0 Å². The predicted octanol–water partition coefficient (Wildman–Crippen LogP) is 12.3. The summed E-state index contributed by atoms with van der Waals surface area (Å²) in [4.78, 5) is 24.5. The second kappa shape index (κ2) is 17.7. The van der Waals surface area contributed by atoms with E-state index < -0.39 is 5.97 Å². The lowest BCUT2D eigenvalue weighted by atomic mass is 9.44. The molecule has 0 aromatic rings. The van der Waals surface area contributed by atoms with Gasteiger partial charge in [-0.15, -0.1) is 0 Å². The van der Waals surface area contributed by atoms with Crippen LogP contribution >= 0.6 is 0 Å². The molecule has 0 amide bonds. The minimum atomic E-state index is -0.646. The number of carbonyl (C=O) groups is 2. The van der Waals surface area contributed by atoms with Crippen LogP contribution in [0.4, 0.5) is 0 Å². The first kappa shape index (κ1) is 36.5. The van der Waals surface area contributed by atoms with Crippen LogP contribution in [-0.4, -0.2) is 16.9 Å². The van der Waals surface area contributed by atoms with Gasteiger partial charge in [0.15, 0.2) is 5.78 Å². The lowest BCUT2D eigenvalue weighted by molar-refractivity contribution is -0.137. The van der Waals surface area contributed by atoms with E-state index in [1.165, 1.54) is 121 Å². The van der Waals surface area contributed by atoms with E-state index in [9.17, 15) is 14.7 Å². The van der Waals surface area contributed by atoms with Gasteiger partial charge in [-0.25, -0.2) is 0 Å². The number of Topliss-reactive ketones (excluding diaryl/α,β-unsaturated/α-hetero) is 1. The Morgan fingerprint density at radius 3 is 2.16 bits per heavy atom. The maximum absolute atomic E-state index is 13.3. The summed E-state index contributed by atoms with van der Waals surface area (Å²) in [5.41, 5.74) is 1.90. The molecule has 0 saturated heterocycles. The van der Waals surface area contributed by atoms with Crippen molar-refractivity contribution in [2.45, 2.75) is 182 Å². The first-order valence-corrected chi connectivity index (χ1v) is 19.8. The summed E-state index contributed by atoms with van der Waals surface area (Å²) in [6, 6.07) is 0. The van der Waals surface area contributed by atoms with E-state index in [4.69, 9.17) is 0 Å². The van der Waals surface area contributed by atoms with Gasteiger partial charge in [-0.05, 0) is 142 Å². The van der Waals surface area contributed by atoms with Gasteiger partial charge >= 0.3 is 5.97 Å². The summed E-state index contributed by atoms with van der Waals surface area (Å²) in [5, 5.41) is 9.26. The summed E-state index contributed by atoms with van der Waals surface area (Å²) < 4.78 is 0. The Morgan fingerprint density at radius 2 is 1.47 bits per heavy atom. The van der Waals surface area contributed by atoms with Gasteiger partial charge in [0.2, 0.25) is 0 Å². The third-order valence-corrected chi connectivity index (χ3v) is 13.9. The van der Waals surface area contributed by atoms with Gasteiger partial charge in [0, 0.05) is 12.8 Å². The van der Waals surface area contributed by atoms with Crippen LogP contribution < -0.4 is 0 Å². The number of unbranched alkanes of at least 4 members (excludes halogenated alkanes) is 11. The third kappa shape index (κ3) is 9.37. The van der Waals surface area contributed by atoms with E-state index >= 15 is 0 Å². The third-order valence-electron chi connectivity index (χ3n) is 13.9. The number of hydrogen-bond donors (Lipinski definition) is 1. The van der Waals surface area contributed by atoms with Crippen LogP contribution in [0.3, 0.4) is 0 Å². The Hall–Kier alpha value is -1.38. The highest BCUT2D eigenvalue weighted by molar-refractivity contribution is 5.95. The van der Waals surface area contributed by atoms with E-state index in [0.717, 1.165) is 49.9 Å². The molecule has 4 aliphatic rings. The molecule has 3 saturated carbocycles. The zero-order valence-corrected chi connectivity index (χ0v) is 29.9.